The number of hydrogen-bond donors (Lipinski definition) is 3. The minimum Gasteiger partial charge on any atom is -0.491 e. The number of rotatable bonds is 6. The Morgan fingerprint density at radius 2 is 1.86 bits per heavy atom. The molecule has 1 aromatic carbocycles. The van der Waals surface area contributed by atoms with Gasteiger partial charge in [0.05, 0.1) is 19.8 Å². The summed E-state index contributed by atoms with van der Waals surface area (Å²) in [6.45, 7) is 3.87. The number of nitrogens with zero attached hydrogens (tertiary/aromatic N) is 5. The molecule has 15 heteroatoms. The first kappa shape index (κ1) is 31.6. The lowest BCUT2D eigenvalue weighted by atomic mass is 9.90. The van der Waals surface area contributed by atoms with Crippen LogP contribution in [0.3, 0.4) is 0 Å². The zero-order valence-corrected chi connectivity index (χ0v) is 23.1. The van der Waals surface area contributed by atoms with Gasteiger partial charge in [0.2, 0.25) is 0 Å². The van der Waals surface area contributed by atoms with Crippen LogP contribution in [0.1, 0.15) is 24.9 Å². The highest BCUT2D eigenvalue weighted by Crippen LogP contribution is 2.39. The first-order valence-electron chi connectivity index (χ1n) is 13.2. The van der Waals surface area contributed by atoms with Gasteiger partial charge in [0.15, 0.2) is 11.5 Å². The third-order valence-corrected chi connectivity index (χ3v) is 7.06. The summed E-state index contributed by atoms with van der Waals surface area (Å²) < 4.78 is 55.5. The van der Waals surface area contributed by atoms with Gasteiger partial charge in [0, 0.05) is 36.1 Å². The molecule has 2 fully saturated rings. The van der Waals surface area contributed by atoms with Crippen molar-refractivity contribution < 1.29 is 42.4 Å². The van der Waals surface area contributed by atoms with Gasteiger partial charge >= 0.3 is 6.18 Å². The lowest BCUT2D eigenvalue weighted by molar-refractivity contribution is -0.183. The lowest BCUT2D eigenvalue weighted by Gasteiger charge is -2.37. The number of nitrogens with two attached hydrogens (primary N) is 1. The van der Waals surface area contributed by atoms with E-state index in [1.807, 2.05) is 24.3 Å². The van der Waals surface area contributed by atoms with E-state index in [0.717, 1.165) is 5.39 Å². The molecule has 0 aliphatic carbocycles. The van der Waals surface area contributed by atoms with Gasteiger partial charge in [-0.1, -0.05) is 31.2 Å². The van der Waals surface area contributed by atoms with E-state index in [4.69, 9.17) is 40.0 Å². The predicted octanol–water partition coefficient (Wildman–Crippen LogP) is 3.40. The Kier molecular flexibility index (Phi) is 9.78. The number of alkyl halides is 3. The number of halogens is 3. The maximum atomic E-state index is 14.2. The van der Waals surface area contributed by atoms with Crippen molar-refractivity contribution in [3.8, 4) is 17.3 Å². The molecule has 230 valence electrons. The van der Waals surface area contributed by atoms with E-state index in [0.29, 0.717) is 61.2 Å². The molecule has 2 atom stereocenters. The Balaban J connectivity index is 0.000000653. The third-order valence-electron chi connectivity index (χ3n) is 7.06. The molecular formula is C28H31F3N6O6. The minimum absolute atomic E-state index is 0.0341. The van der Waals surface area contributed by atoms with Gasteiger partial charge in [0.1, 0.15) is 23.0 Å². The van der Waals surface area contributed by atoms with Gasteiger partial charge in [-0.3, -0.25) is 18.9 Å². The van der Waals surface area contributed by atoms with Crippen molar-refractivity contribution in [3.05, 3.63) is 54.2 Å². The Hall–Kier alpha value is -4.34. The SMILES string of the molecule is CC1(COc2cccc3ccc(-c4nnc5ccc([C@@H](N6CC[C@H](N)C6)C(F)(F)F)cn45)nc23)COC1.O=CO.O=CO. The van der Waals surface area contributed by atoms with E-state index in [1.54, 1.807) is 16.5 Å². The molecule has 0 saturated carbocycles. The third kappa shape index (κ3) is 7.18. The highest BCUT2D eigenvalue weighted by Gasteiger charge is 2.46. The number of para-hydroxylation sites is 1. The Morgan fingerprint density at radius 1 is 1.14 bits per heavy atom. The van der Waals surface area contributed by atoms with Gasteiger partial charge < -0.3 is 25.4 Å². The fourth-order valence-electron chi connectivity index (χ4n) is 5.05. The van der Waals surface area contributed by atoms with Crippen LogP contribution in [-0.4, -0.2) is 92.8 Å². The maximum Gasteiger partial charge on any atom is 0.408 e. The van der Waals surface area contributed by atoms with E-state index in [9.17, 15) is 13.2 Å². The van der Waals surface area contributed by atoms with Crippen LogP contribution in [0.15, 0.2) is 48.7 Å². The number of pyridine rings is 2. The Morgan fingerprint density at radius 3 is 2.47 bits per heavy atom. The summed E-state index contributed by atoms with van der Waals surface area (Å²) in [5, 5.41) is 23.1. The van der Waals surface area contributed by atoms with Crippen LogP contribution in [-0.2, 0) is 14.3 Å². The number of carboxylic acid groups (broad SMARTS) is 2. The highest BCUT2D eigenvalue weighted by atomic mass is 19.4. The summed E-state index contributed by atoms with van der Waals surface area (Å²) in [6, 6.07) is 10.4. The second-order valence-corrected chi connectivity index (χ2v) is 10.5. The van der Waals surface area contributed by atoms with Gasteiger partial charge in [-0.25, -0.2) is 4.98 Å². The van der Waals surface area contributed by atoms with Crippen molar-refractivity contribution in [2.75, 3.05) is 32.9 Å². The zero-order valence-electron chi connectivity index (χ0n) is 23.1. The predicted molar refractivity (Wildman–Crippen MR) is 148 cm³/mol. The van der Waals surface area contributed by atoms with Crippen molar-refractivity contribution in [3.63, 3.8) is 0 Å². The molecule has 2 aliphatic heterocycles. The molecule has 0 radical (unpaired) electrons. The average Bonchev–Trinajstić information content (AvgIpc) is 3.56. The van der Waals surface area contributed by atoms with Crippen LogP contribution in [0.5, 0.6) is 5.75 Å². The molecule has 2 saturated heterocycles. The number of benzene rings is 1. The first-order valence-corrected chi connectivity index (χ1v) is 13.2. The summed E-state index contributed by atoms with van der Waals surface area (Å²) in [4.78, 5) is 22.9. The number of fused-ring (bicyclic) bond motifs is 2. The number of ether oxygens (including phenoxy) is 2. The van der Waals surface area contributed by atoms with Crippen LogP contribution in [0, 0.1) is 5.41 Å². The second-order valence-electron chi connectivity index (χ2n) is 10.5. The molecule has 4 N–H and O–H groups in total. The van der Waals surface area contributed by atoms with E-state index in [2.05, 4.69) is 17.1 Å². The number of hydrogen-bond acceptors (Lipinski definition) is 9. The van der Waals surface area contributed by atoms with Crippen molar-refractivity contribution >= 4 is 29.5 Å². The summed E-state index contributed by atoms with van der Waals surface area (Å²) in [7, 11) is 0. The van der Waals surface area contributed by atoms with Crippen molar-refractivity contribution in [2.45, 2.75) is 31.6 Å². The topological polar surface area (TPSA) is 165 Å². The molecule has 5 heterocycles. The van der Waals surface area contributed by atoms with Crippen LogP contribution in [0.2, 0.25) is 0 Å². The van der Waals surface area contributed by atoms with Gasteiger partial charge in [0.25, 0.3) is 12.9 Å². The van der Waals surface area contributed by atoms with E-state index in [1.165, 1.54) is 17.2 Å². The smallest absolute Gasteiger partial charge is 0.408 e. The molecule has 4 aromatic rings. The molecule has 0 bridgehead atoms. The van der Waals surface area contributed by atoms with Crippen LogP contribution in [0.4, 0.5) is 13.2 Å². The Labute approximate surface area is 243 Å². The van der Waals surface area contributed by atoms with Gasteiger partial charge in [-0.2, -0.15) is 13.2 Å². The van der Waals surface area contributed by atoms with Crippen molar-refractivity contribution in [1.29, 1.82) is 0 Å². The molecule has 0 unspecified atom stereocenters. The van der Waals surface area contributed by atoms with E-state index < -0.39 is 12.2 Å². The molecule has 2 aliphatic rings. The van der Waals surface area contributed by atoms with Crippen molar-refractivity contribution in [2.24, 2.45) is 11.1 Å². The summed E-state index contributed by atoms with van der Waals surface area (Å²) >= 11 is 0. The monoisotopic (exact) mass is 604 g/mol. The van der Waals surface area contributed by atoms with Gasteiger partial charge in [-0.05, 0) is 30.2 Å². The summed E-state index contributed by atoms with van der Waals surface area (Å²) in [5.74, 6) is 0.983. The number of likely N-dealkylation sites (tertiary alicyclic amines) is 1. The number of carbonyl (C=O) groups is 2. The maximum absolute atomic E-state index is 14.2. The van der Waals surface area contributed by atoms with E-state index in [-0.39, 0.29) is 36.5 Å². The number of aromatic nitrogens is 4. The molecule has 6 rings (SSSR count). The minimum atomic E-state index is -4.46. The normalized spacial score (nSPS) is 18.5. The summed E-state index contributed by atoms with van der Waals surface area (Å²) in [5.41, 5.74) is 7.55. The fourth-order valence-corrected chi connectivity index (χ4v) is 5.05. The first-order chi connectivity index (χ1) is 20.5. The lowest BCUT2D eigenvalue weighted by Crippen LogP contribution is -2.44. The average molecular weight is 605 g/mol. The quantitative estimate of drug-likeness (QED) is 0.276. The molecule has 0 amide bonds. The standard InChI is InChI=1S/C26H27F3N6O2.2CH2O2/c1-25(13-36-14-25)15-37-20-4-2-3-16-5-7-19(31-22(16)20)24-33-32-21-8-6-17(11-35(21)24)23(26(27,28)29)34-10-9-18(30)12-34;2*2-1-3/h2-8,11,18,23H,9-10,12-15,30H2,1H3;2*1H,(H,2,3)/t18-,23+;;/m0../s1. The second kappa shape index (κ2) is 13.3. The summed E-state index contributed by atoms with van der Waals surface area (Å²) in [6.07, 6.45) is -2.47. The van der Waals surface area contributed by atoms with E-state index >= 15 is 0 Å². The van der Waals surface area contributed by atoms with Gasteiger partial charge in [-0.15, -0.1) is 10.2 Å². The van der Waals surface area contributed by atoms with Crippen LogP contribution < -0.4 is 10.5 Å². The molecular weight excluding hydrogens is 573 g/mol. The molecule has 0 spiro atoms. The molecule has 3 aromatic heterocycles. The largest absolute Gasteiger partial charge is 0.491 e. The Bertz CT molecular complexity index is 1560. The van der Waals surface area contributed by atoms with Crippen LogP contribution >= 0.6 is 0 Å². The zero-order chi connectivity index (χ0) is 31.2. The highest BCUT2D eigenvalue weighted by molar-refractivity contribution is 5.86. The molecule has 43 heavy (non-hydrogen) atoms. The molecule has 12 nitrogen and oxygen atoms in total. The fraction of sp³-hybridized carbons (Fsp3) is 0.393. The van der Waals surface area contributed by atoms with Crippen molar-refractivity contribution in [1.82, 2.24) is 24.5 Å². The van der Waals surface area contributed by atoms with Crippen LogP contribution in [0.25, 0.3) is 28.1 Å².